The Morgan fingerprint density at radius 1 is 0.714 bits per heavy atom. The van der Waals surface area contributed by atoms with E-state index in [0.29, 0.717) is 6.61 Å². The van der Waals surface area contributed by atoms with Crippen molar-refractivity contribution in [3.8, 4) is 5.75 Å². The predicted molar refractivity (Wildman–Crippen MR) is 120 cm³/mol. The summed E-state index contributed by atoms with van der Waals surface area (Å²) in [6.45, 7) is 8.88. The van der Waals surface area contributed by atoms with Crippen LogP contribution >= 0.6 is 0 Å². The van der Waals surface area contributed by atoms with Crippen LogP contribution in [0.15, 0.2) is 24.3 Å². The first kappa shape index (κ1) is 24.5. The first-order valence-electron chi connectivity index (χ1n) is 11.7. The van der Waals surface area contributed by atoms with Gasteiger partial charge in [0, 0.05) is 18.7 Å². The minimum atomic E-state index is 0.171. The summed E-state index contributed by atoms with van der Waals surface area (Å²) in [5.74, 6) is 1.00. The molecule has 0 aliphatic carbocycles. The van der Waals surface area contributed by atoms with Crippen LogP contribution in [0, 0.1) is 0 Å². The molecule has 0 saturated heterocycles. The summed E-state index contributed by atoms with van der Waals surface area (Å²) in [4.78, 5) is 15.1. The zero-order valence-electron chi connectivity index (χ0n) is 18.7. The van der Waals surface area contributed by atoms with Gasteiger partial charge in [-0.15, -0.1) is 0 Å². The molecular weight excluding hydrogens is 346 g/mol. The number of benzene rings is 1. The minimum absolute atomic E-state index is 0.171. The lowest BCUT2D eigenvalue weighted by Gasteiger charge is -2.23. The van der Waals surface area contributed by atoms with E-state index in [-0.39, 0.29) is 5.91 Å². The van der Waals surface area contributed by atoms with Gasteiger partial charge in [0.05, 0.1) is 6.61 Å². The van der Waals surface area contributed by atoms with Crippen LogP contribution in [0.4, 0.5) is 0 Å². The number of unbranched alkanes of at least 4 members (excludes halogenated alkanes) is 10. The fourth-order valence-corrected chi connectivity index (χ4v) is 3.52. The molecule has 1 aromatic carbocycles. The maximum absolute atomic E-state index is 13.0. The SMILES string of the molecule is CCCCCCCCN(CCCCCCCC)C(=O)c1ccc(OCC)cc1. The van der Waals surface area contributed by atoms with Gasteiger partial charge in [0.15, 0.2) is 0 Å². The van der Waals surface area contributed by atoms with Crippen molar-refractivity contribution in [2.75, 3.05) is 19.7 Å². The zero-order valence-corrected chi connectivity index (χ0v) is 18.7. The second-order valence-corrected chi connectivity index (χ2v) is 7.79. The Balaban J connectivity index is 2.52. The largest absolute Gasteiger partial charge is 0.494 e. The van der Waals surface area contributed by atoms with Crippen LogP contribution in [0.25, 0.3) is 0 Å². The quantitative estimate of drug-likeness (QED) is 0.263. The molecule has 0 radical (unpaired) electrons. The molecule has 1 rings (SSSR count). The van der Waals surface area contributed by atoms with Gasteiger partial charge in [0.2, 0.25) is 0 Å². The van der Waals surface area contributed by atoms with E-state index in [1.54, 1.807) is 0 Å². The van der Waals surface area contributed by atoms with Crippen molar-refractivity contribution in [1.29, 1.82) is 0 Å². The number of carbonyl (C=O) groups is 1. The van der Waals surface area contributed by atoms with Crippen LogP contribution in [-0.4, -0.2) is 30.5 Å². The minimum Gasteiger partial charge on any atom is -0.494 e. The lowest BCUT2D eigenvalue weighted by atomic mass is 10.1. The highest BCUT2D eigenvalue weighted by atomic mass is 16.5. The molecule has 0 spiro atoms. The van der Waals surface area contributed by atoms with Gasteiger partial charge in [0.1, 0.15) is 5.75 Å². The number of hydrogen-bond acceptors (Lipinski definition) is 2. The molecule has 0 aromatic heterocycles. The third-order valence-corrected chi connectivity index (χ3v) is 5.26. The molecule has 160 valence electrons. The Kier molecular flexibility index (Phi) is 14.4. The standard InChI is InChI=1S/C25H43NO2/c1-4-7-9-11-13-15-21-26(22-16-14-12-10-8-5-2)25(27)23-17-19-24(20-18-23)28-6-3/h17-20H,4-16,21-22H2,1-3H3. The molecule has 0 saturated carbocycles. The van der Waals surface area contributed by atoms with Crippen molar-refractivity contribution < 1.29 is 9.53 Å². The summed E-state index contributed by atoms with van der Waals surface area (Å²) < 4.78 is 5.50. The van der Waals surface area contributed by atoms with Crippen molar-refractivity contribution in [1.82, 2.24) is 4.90 Å². The van der Waals surface area contributed by atoms with E-state index < -0.39 is 0 Å². The molecule has 1 aromatic rings. The van der Waals surface area contributed by atoms with Crippen molar-refractivity contribution >= 4 is 5.91 Å². The van der Waals surface area contributed by atoms with E-state index in [1.807, 2.05) is 31.2 Å². The number of amides is 1. The summed E-state index contributed by atoms with van der Waals surface area (Å²) in [6.07, 6.45) is 15.1. The van der Waals surface area contributed by atoms with Crippen LogP contribution < -0.4 is 4.74 Å². The molecule has 0 aliphatic rings. The van der Waals surface area contributed by atoms with Gasteiger partial charge in [-0.2, -0.15) is 0 Å². The van der Waals surface area contributed by atoms with Gasteiger partial charge in [-0.25, -0.2) is 0 Å². The van der Waals surface area contributed by atoms with E-state index in [4.69, 9.17) is 4.74 Å². The Morgan fingerprint density at radius 2 is 1.18 bits per heavy atom. The van der Waals surface area contributed by atoms with Crippen molar-refractivity contribution in [2.24, 2.45) is 0 Å². The molecule has 0 fully saturated rings. The lowest BCUT2D eigenvalue weighted by Crippen LogP contribution is -2.33. The fourth-order valence-electron chi connectivity index (χ4n) is 3.52. The van der Waals surface area contributed by atoms with Crippen molar-refractivity contribution in [3.05, 3.63) is 29.8 Å². The Labute approximate surface area is 173 Å². The van der Waals surface area contributed by atoms with E-state index >= 15 is 0 Å². The van der Waals surface area contributed by atoms with Crippen molar-refractivity contribution in [2.45, 2.75) is 97.8 Å². The molecule has 0 N–H and O–H groups in total. The highest BCUT2D eigenvalue weighted by Crippen LogP contribution is 2.16. The number of carbonyl (C=O) groups excluding carboxylic acids is 1. The Morgan fingerprint density at radius 3 is 1.64 bits per heavy atom. The van der Waals surface area contributed by atoms with E-state index in [0.717, 1.165) is 37.2 Å². The molecule has 0 atom stereocenters. The van der Waals surface area contributed by atoms with Gasteiger partial charge >= 0.3 is 0 Å². The Hall–Kier alpha value is -1.51. The topological polar surface area (TPSA) is 29.5 Å². The number of ether oxygens (including phenoxy) is 1. The summed E-state index contributed by atoms with van der Waals surface area (Å²) in [5.41, 5.74) is 0.778. The predicted octanol–water partition coefficient (Wildman–Crippen LogP) is 7.25. The summed E-state index contributed by atoms with van der Waals surface area (Å²) in [6, 6.07) is 7.63. The van der Waals surface area contributed by atoms with Gasteiger partial charge in [-0.1, -0.05) is 78.1 Å². The average molecular weight is 390 g/mol. The van der Waals surface area contributed by atoms with Gasteiger partial charge < -0.3 is 9.64 Å². The normalized spacial score (nSPS) is 10.8. The first-order valence-corrected chi connectivity index (χ1v) is 11.7. The van der Waals surface area contributed by atoms with Gasteiger partial charge in [0.25, 0.3) is 5.91 Å². The number of nitrogens with zero attached hydrogens (tertiary/aromatic N) is 1. The number of hydrogen-bond donors (Lipinski definition) is 0. The summed E-state index contributed by atoms with van der Waals surface area (Å²) >= 11 is 0. The lowest BCUT2D eigenvalue weighted by molar-refractivity contribution is 0.0749. The maximum atomic E-state index is 13.0. The smallest absolute Gasteiger partial charge is 0.253 e. The average Bonchev–Trinajstić information content (AvgIpc) is 2.72. The third kappa shape index (κ3) is 10.7. The highest BCUT2D eigenvalue weighted by molar-refractivity contribution is 5.94. The third-order valence-electron chi connectivity index (χ3n) is 5.26. The second-order valence-electron chi connectivity index (χ2n) is 7.79. The van der Waals surface area contributed by atoms with Crippen molar-refractivity contribution in [3.63, 3.8) is 0 Å². The molecule has 0 heterocycles. The summed E-state index contributed by atoms with van der Waals surface area (Å²) in [7, 11) is 0. The molecule has 28 heavy (non-hydrogen) atoms. The molecule has 0 bridgehead atoms. The van der Waals surface area contributed by atoms with Crippen LogP contribution in [0.1, 0.15) is 108 Å². The molecule has 0 aliphatic heterocycles. The molecule has 3 heteroatoms. The number of rotatable bonds is 17. The molecule has 0 unspecified atom stereocenters. The monoisotopic (exact) mass is 389 g/mol. The van der Waals surface area contributed by atoms with Crippen LogP contribution in [0.2, 0.25) is 0 Å². The fraction of sp³-hybridized carbons (Fsp3) is 0.720. The van der Waals surface area contributed by atoms with Crippen LogP contribution in [0.3, 0.4) is 0 Å². The summed E-state index contributed by atoms with van der Waals surface area (Å²) in [5, 5.41) is 0. The van der Waals surface area contributed by atoms with Crippen LogP contribution in [0.5, 0.6) is 5.75 Å². The molecular formula is C25H43NO2. The van der Waals surface area contributed by atoms with E-state index in [1.165, 1.54) is 64.2 Å². The second kappa shape index (κ2) is 16.4. The molecule has 1 amide bonds. The van der Waals surface area contributed by atoms with E-state index in [2.05, 4.69) is 18.7 Å². The highest BCUT2D eigenvalue weighted by Gasteiger charge is 2.15. The van der Waals surface area contributed by atoms with Gasteiger partial charge in [-0.3, -0.25) is 4.79 Å². The molecule has 3 nitrogen and oxygen atoms in total. The maximum Gasteiger partial charge on any atom is 0.253 e. The van der Waals surface area contributed by atoms with E-state index in [9.17, 15) is 4.79 Å². The zero-order chi connectivity index (χ0) is 20.5. The van der Waals surface area contributed by atoms with Crippen LogP contribution in [-0.2, 0) is 0 Å². The Bertz CT molecular complexity index is 482. The van der Waals surface area contributed by atoms with Gasteiger partial charge in [-0.05, 0) is 44.0 Å². The first-order chi connectivity index (χ1) is 13.7.